The summed E-state index contributed by atoms with van der Waals surface area (Å²) in [4.78, 5) is 25.5. The van der Waals surface area contributed by atoms with Crippen LogP contribution in [0.15, 0.2) is 0 Å². The number of ether oxygens (including phenoxy) is 1. The molecule has 0 saturated heterocycles. The molecule has 0 unspecified atom stereocenters. The number of thioether (sulfide) groups is 1. The van der Waals surface area contributed by atoms with E-state index in [0.29, 0.717) is 24.5 Å². The molecule has 0 amide bonds. The summed E-state index contributed by atoms with van der Waals surface area (Å²) < 4.78 is 4.99. The number of aryl methyl sites for hydroxylation is 1. The van der Waals surface area contributed by atoms with Gasteiger partial charge in [0.05, 0.1) is 6.61 Å². The predicted octanol–water partition coefficient (Wildman–Crippen LogP) is 2.83. The molecule has 0 aliphatic carbocycles. The van der Waals surface area contributed by atoms with E-state index in [1.54, 1.807) is 13.8 Å². The van der Waals surface area contributed by atoms with Crippen LogP contribution in [0.2, 0.25) is 0 Å². The summed E-state index contributed by atoms with van der Waals surface area (Å²) in [6.07, 6.45) is 0.642. The van der Waals surface area contributed by atoms with Crippen LogP contribution >= 0.6 is 11.8 Å². The first-order valence-electron chi connectivity index (χ1n) is 6.45. The van der Waals surface area contributed by atoms with E-state index in [4.69, 9.17) is 4.74 Å². The number of hydrogen-bond acceptors (Lipinski definition) is 4. The van der Waals surface area contributed by atoms with Crippen molar-refractivity contribution in [2.24, 2.45) is 0 Å². The molecule has 0 aliphatic rings. The Labute approximate surface area is 123 Å². The zero-order valence-electron chi connectivity index (χ0n) is 12.3. The van der Waals surface area contributed by atoms with E-state index in [-0.39, 0.29) is 11.1 Å². The standard InChI is InChI=1S/C15H19NO3S/c1-5-19-15(18)14-10(2)13(11(3)16-14)8-6-7-9-20-12(4)17/h16H,5,7,9H2,1-4H3. The maximum Gasteiger partial charge on any atom is 0.355 e. The molecule has 5 heteroatoms. The van der Waals surface area contributed by atoms with E-state index in [9.17, 15) is 9.59 Å². The van der Waals surface area contributed by atoms with E-state index in [1.807, 2.05) is 13.8 Å². The monoisotopic (exact) mass is 293 g/mol. The Morgan fingerprint density at radius 2 is 2.05 bits per heavy atom. The molecule has 4 nitrogen and oxygen atoms in total. The lowest BCUT2D eigenvalue weighted by molar-refractivity contribution is -0.109. The van der Waals surface area contributed by atoms with Gasteiger partial charge in [-0.05, 0) is 26.3 Å². The fourth-order valence-electron chi connectivity index (χ4n) is 1.74. The molecule has 1 heterocycles. The lowest BCUT2D eigenvalue weighted by Gasteiger charge is -1.99. The Morgan fingerprint density at radius 3 is 2.65 bits per heavy atom. The minimum atomic E-state index is -0.353. The maximum absolute atomic E-state index is 11.7. The van der Waals surface area contributed by atoms with E-state index in [2.05, 4.69) is 16.8 Å². The van der Waals surface area contributed by atoms with E-state index < -0.39 is 0 Å². The molecule has 108 valence electrons. The minimum Gasteiger partial charge on any atom is -0.461 e. The highest BCUT2D eigenvalue weighted by Gasteiger charge is 2.16. The highest BCUT2D eigenvalue weighted by Crippen LogP contribution is 2.17. The summed E-state index contributed by atoms with van der Waals surface area (Å²) in [5.74, 6) is 6.42. The number of aromatic nitrogens is 1. The van der Waals surface area contributed by atoms with Gasteiger partial charge in [0.2, 0.25) is 0 Å². The van der Waals surface area contributed by atoms with Crippen molar-refractivity contribution in [3.05, 3.63) is 22.5 Å². The first-order valence-corrected chi connectivity index (χ1v) is 7.44. The Morgan fingerprint density at radius 1 is 1.35 bits per heavy atom. The zero-order valence-corrected chi connectivity index (χ0v) is 13.1. The summed E-state index contributed by atoms with van der Waals surface area (Å²) in [7, 11) is 0. The molecule has 0 spiro atoms. The Balaban J connectivity index is 2.79. The smallest absolute Gasteiger partial charge is 0.355 e. The van der Waals surface area contributed by atoms with Gasteiger partial charge < -0.3 is 9.72 Å². The minimum absolute atomic E-state index is 0.102. The molecule has 1 N–H and O–H groups in total. The quantitative estimate of drug-likeness (QED) is 0.527. The van der Waals surface area contributed by atoms with Crippen molar-refractivity contribution in [1.82, 2.24) is 4.98 Å². The Hall–Kier alpha value is -1.67. The van der Waals surface area contributed by atoms with Gasteiger partial charge in [-0.2, -0.15) is 0 Å². The SMILES string of the molecule is CCOC(=O)c1[nH]c(C)c(C#CCCSC(C)=O)c1C. The van der Waals surface area contributed by atoms with Crippen LogP contribution in [0, 0.1) is 25.7 Å². The molecule has 20 heavy (non-hydrogen) atoms. The molecule has 1 aromatic rings. The van der Waals surface area contributed by atoms with Gasteiger partial charge in [0, 0.05) is 30.4 Å². The van der Waals surface area contributed by atoms with Gasteiger partial charge in [-0.1, -0.05) is 23.6 Å². The van der Waals surface area contributed by atoms with Crippen molar-refractivity contribution < 1.29 is 14.3 Å². The molecule has 0 saturated carbocycles. The van der Waals surface area contributed by atoms with Crippen molar-refractivity contribution in [1.29, 1.82) is 0 Å². The Bertz CT molecular complexity index is 564. The number of rotatable bonds is 4. The van der Waals surface area contributed by atoms with Gasteiger partial charge in [0.15, 0.2) is 5.12 Å². The van der Waals surface area contributed by atoms with Crippen LogP contribution in [0.4, 0.5) is 0 Å². The third kappa shape index (κ3) is 4.46. The van der Waals surface area contributed by atoms with Crippen molar-refractivity contribution >= 4 is 22.8 Å². The fourth-order valence-corrected chi connectivity index (χ4v) is 2.23. The molecule has 0 aliphatic heterocycles. The average Bonchev–Trinajstić information content (AvgIpc) is 2.65. The molecular formula is C15H19NO3S. The second-order valence-electron chi connectivity index (χ2n) is 4.24. The van der Waals surface area contributed by atoms with E-state index in [0.717, 1.165) is 16.8 Å². The van der Waals surface area contributed by atoms with Gasteiger partial charge in [-0.25, -0.2) is 4.79 Å². The van der Waals surface area contributed by atoms with E-state index in [1.165, 1.54) is 11.8 Å². The van der Waals surface area contributed by atoms with Gasteiger partial charge in [0.1, 0.15) is 5.69 Å². The van der Waals surface area contributed by atoms with Crippen LogP contribution in [0.3, 0.4) is 0 Å². The van der Waals surface area contributed by atoms with Crippen LogP contribution in [-0.4, -0.2) is 28.4 Å². The summed E-state index contributed by atoms with van der Waals surface area (Å²) in [6.45, 7) is 7.40. The average molecular weight is 293 g/mol. The fraction of sp³-hybridized carbons (Fsp3) is 0.467. The molecule has 0 atom stereocenters. The largest absolute Gasteiger partial charge is 0.461 e. The van der Waals surface area contributed by atoms with Crippen molar-refractivity contribution in [2.75, 3.05) is 12.4 Å². The third-order valence-corrected chi connectivity index (χ3v) is 3.48. The summed E-state index contributed by atoms with van der Waals surface area (Å²) in [5.41, 5.74) is 2.97. The van der Waals surface area contributed by atoms with Crippen LogP contribution in [0.25, 0.3) is 0 Å². The molecular weight excluding hydrogens is 274 g/mol. The molecule has 1 rings (SSSR count). The molecule has 0 bridgehead atoms. The second-order valence-corrected chi connectivity index (χ2v) is 5.51. The van der Waals surface area contributed by atoms with Crippen molar-refractivity contribution in [2.45, 2.75) is 34.1 Å². The highest BCUT2D eigenvalue weighted by atomic mass is 32.2. The molecule has 0 aromatic carbocycles. The van der Waals surface area contributed by atoms with Crippen molar-refractivity contribution in [3.63, 3.8) is 0 Å². The number of esters is 1. The lowest BCUT2D eigenvalue weighted by atomic mass is 10.1. The number of nitrogens with one attached hydrogen (secondary N) is 1. The lowest BCUT2D eigenvalue weighted by Crippen LogP contribution is -2.06. The van der Waals surface area contributed by atoms with Crippen LogP contribution in [-0.2, 0) is 9.53 Å². The van der Waals surface area contributed by atoms with Gasteiger partial charge in [-0.3, -0.25) is 4.79 Å². The van der Waals surface area contributed by atoms with Gasteiger partial charge in [-0.15, -0.1) is 0 Å². The first kappa shape index (κ1) is 16.4. The number of H-pyrrole nitrogens is 1. The number of aromatic amines is 1. The summed E-state index contributed by atoms with van der Waals surface area (Å²) >= 11 is 1.27. The number of carbonyl (C=O) groups excluding carboxylic acids is 2. The molecule has 1 aromatic heterocycles. The van der Waals surface area contributed by atoms with Crippen LogP contribution in [0.5, 0.6) is 0 Å². The summed E-state index contributed by atoms with van der Waals surface area (Å²) in [5, 5.41) is 0.102. The second kappa shape index (κ2) is 7.81. The molecule has 0 fully saturated rings. The van der Waals surface area contributed by atoms with Crippen LogP contribution in [0.1, 0.15) is 47.6 Å². The van der Waals surface area contributed by atoms with Gasteiger partial charge in [0.25, 0.3) is 0 Å². The number of carbonyl (C=O) groups is 2. The number of hydrogen-bond donors (Lipinski definition) is 1. The molecule has 0 radical (unpaired) electrons. The zero-order chi connectivity index (χ0) is 15.1. The highest BCUT2D eigenvalue weighted by molar-refractivity contribution is 8.13. The van der Waals surface area contributed by atoms with Gasteiger partial charge >= 0.3 is 5.97 Å². The Kier molecular flexibility index (Phi) is 6.40. The first-order chi connectivity index (χ1) is 9.47. The third-order valence-electron chi connectivity index (χ3n) is 2.66. The maximum atomic E-state index is 11.7. The topological polar surface area (TPSA) is 59.2 Å². The summed E-state index contributed by atoms with van der Waals surface area (Å²) in [6, 6.07) is 0. The van der Waals surface area contributed by atoms with Crippen molar-refractivity contribution in [3.8, 4) is 11.8 Å². The van der Waals surface area contributed by atoms with Crippen LogP contribution < -0.4 is 0 Å². The predicted molar refractivity (Wildman–Crippen MR) is 80.9 cm³/mol. The normalized spacial score (nSPS) is 9.80. The van der Waals surface area contributed by atoms with E-state index >= 15 is 0 Å².